The molecule has 2 aliphatic heterocycles. The average Bonchev–Trinajstić information content (AvgIpc) is 3.41. The second-order valence-electron chi connectivity index (χ2n) is 10.7. The second-order valence-corrected chi connectivity index (χ2v) is 10.7. The molecule has 1 spiro atoms. The van der Waals surface area contributed by atoms with Gasteiger partial charge in [0.25, 0.3) is 5.56 Å². The molecule has 1 aromatic heterocycles. The first kappa shape index (κ1) is 26.0. The molecule has 0 bridgehead atoms. The number of urea groups is 1. The number of piperazine rings is 1. The molecule has 1 aliphatic carbocycles. The summed E-state index contributed by atoms with van der Waals surface area (Å²) in [6.45, 7) is 1.60. The Balaban J connectivity index is 1.38. The van der Waals surface area contributed by atoms with Crippen molar-refractivity contribution < 1.29 is 24.5 Å². The van der Waals surface area contributed by atoms with E-state index in [1.165, 1.54) is 29.0 Å². The second kappa shape index (κ2) is 10.3. The lowest BCUT2D eigenvalue weighted by atomic mass is 9.66. The van der Waals surface area contributed by atoms with E-state index in [1.807, 2.05) is 35.2 Å². The normalized spacial score (nSPS) is 25.0. The van der Waals surface area contributed by atoms with Crippen LogP contribution in [0.1, 0.15) is 43.7 Å². The Hall–Kier alpha value is -3.60. The third kappa shape index (κ3) is 4.70. The SMILES string of the molecule is COc1cc(=O)n(CC2(O)CCN(C(=O)N3CCN(C(=O)O)CC3c3ccccc3)CC23CCCC3)cn1. The maximum atomic E-state index is 14.0. The predicted molar refractivity (Wildman–Crippen MR) is 138 cm³/mol. The van der Waals surface area contributed by atoms with Crippen molar-refractivity contribution >= 4 is 12.1 Å². The summed E-state index contributed by atoms with van der Waals surface area (Å²) in [4.78, 5) is 47.4. The van der Waals surface area contributed by atoms with Crippen molar-refractivity contribution in [2.45, 2.75) is 50.3 Å². The number of carbonyl (C=O) groups is 2. The highest BCUT2D eigenvalue weighted by Gasteiger charge is 2.56. The van der Waals surface area contributed by atoms with Crippen LogP contribution in [-0.4, -0.2) is 92.0 Å². The summed E-state index contributed by atoms with van der Waals surface area (Å²) >= 11 is 0. The minimum absolute atomic E-state index is 0.106. The van der Waals surface area contributed by atoms with Gasteiger partial charge in [0.05, 0.1) is 31.4 Å². The molecule has 2 unspecified atom stereocenters. The third-order valence-corrected chi connectivity index (χ3v) is 8.68. The van der Waals surface area contributed by atoms with E-state index in [0.717, 1.165) is 31.2 Å². The predicted octanol–water partition coefficient (Wildman–Crippen LogP) is 2.41. The lowest BCUT2D eigenvalue weighted by Gasteiger charge is -2.53. The number of aliphatic hydroxyl groups is 1. The van der Waals surface area contributed by atoms with Crippen molar-refractivity contribution in [3.63, 3.8) is 0 Å². The summed E-state index contributed by atoms with van der Waals surface area (Å²) in [5.74, 6) is 0.227. The number of ether oxygens (including phenoxy) is 1. The first-order chi connectivity index (χ1) is 18.2. The van der Waals surface area contributed by atoms with Gasteiger partial charge >= 0.3 is 12.1 Å². The van der Waals surface area contributed by atoms with Crippen LogP contribution in [-0.2, 0) is 6.54 Å². The van der Waals surface area contributed by atoms with E-state index in [9.17, 15) is 24.6 Å². The molecule has 2 aromatic rings. The summed E-state index contributed by atoms with van der Waals surface area (Å²) in [6.07, 6.45) is 4.18. The maximum absolute atomic E-state index is 14.0. The Kier molecular flexibility index (Phi) is 7.04. The molecular formula is C27H35N5O6. The molecule has 204 valence electrons. The van der Waals surface area contributed by atoms with Gasteiger partial charge in [0.1, 0.15) is 6.33 Å². The molecule has 2 atom stereocenters. The highest BCUT2D eigenvalue weighted by Crippen LogP contribution is 2.51. The van der Waals surface area contributed by atoms with Gasteiger partial charge in [-0.3, -0.25) is 9.36 Å². The van der Waals surface area contributed by atoms with Gasteiger partial charge < -0.3 is 29.6 Å². The molecule has 1 saturated carbocycles. The van der Waals surface area contributed by atoms with Gasteiger partial charge in [-0.05, 0) is 24.8 Å². The minimum atomic E-state index is -1.17. The summed E-state index contributed by atoms with van der Waals surface area (Å²) in [5, 5.41) is 21.6. The van der Waals surface area contributed by atoms with Crippen molar-refractivity contribution in [3.8, 4) is 5.88 Å². The molecule has 5 rings (SSSR count). The monoisotopic (exact) mass is 525 g/mol. The van der Waals surface area contributed by atoms with Crippen LogP contribution >= 0.6 is 0 Å². The molecule has 3 heterocycles. The zero-order chi connectivity index (χ0) is 26.9. The largest absolute Gasteiger partial charge is 0.481 e. The zero-order valence-corrected chi connectivity index (χ0v) is 21.7. The Labute approximate surface area is 221 Å². The van der Waals surface area contributed by atoms with E-state index in [-0.39, 0.29) is 37.1 Å². The quantitative estimate of drug-likeness (QED) is 0.627. The lowest BCUT2D eigenvalue weighted by Crippen LogP contribution is -2.64. The number of carbonyl (C=O) groups excluding carboxylic acids is 1. The van der Waals surface area contributed by atoms with Crippen molar-refractivity contribution in [3.05, 3.63) is 58.6 Å². The fourth-order valence-corrected chi connectivity index (χ4v) is 6.51. The van der Waals surface area contributed by atoms with E-state index >= 15 is 0 Å². The zero-order valence-electron chi connectivity index (χ0n) is 21.7. The molecule has 38 heavy (non-hydrogen) atoms. The third-order valence-electron chi connectivity index (χ3n) is 8.68. The lowest BCUT2D eigenvalue weighted by molar-refractivity contribution is -0.137. The van der Waals surface area contributed by atoms with Crippen LogP contribution in [0.4, 0.5) is 9.59 Å². The van der Waals surface area contributed by atoms with Crippen molar-refractivity contribution in [1.82, 2.24) is 24.3 Å². The fraction of sp³-hybridized carbons (Fsp3) is 0.556. The molecule has 2 saturated heterocycles. The van der Waals surface area contributed by atoms with Gasteiger partial charge in [-0.15, -0.1) is 0 Å². The van der Waals surface area contributed by atoms with E-state index in [0.29, 0.717) is 26.1 Å². The van der Waals surface area contributed by atoms with Gasteiger partial charge in [0.15, 0.2) is 0 Å². The van der Waals surface area contributed by atoms with Gasteiger partial charge in [-0.2, -0.15) is 0 Å². The average molecular weight is 526 g/mol. The Morgan fingerprint density at radius 1 is 1.08 bits per heavy atom. The number of amides is 3. The maximum Gasteiger partial charge on any atom is 0.407 e. The number of rotatable bonds is 4. The highest BCUT2D eigenvalue weighted by molar-refractivity contribution is 5.76. The summed E-state index contributed by atoms with van der Waals surface area (Å²) in [5.41, 5.74) is -1.10. The minimum Gasteiger partial charge on any atom is -0.481 e. The highest BCUT2D eigenvalue weighted by atomic mass is 16.5. The number of hydrogen-bond acceptors (Lipinski definition) is 6. The number of nitrogens with zero attached hydrogens (tertiary/aromatic N) is 5. The van der Waals surface area contributed by atoms with E-state index in [4.69, 9.17) is 4.74 Å². The van der Waals surface area contributed by atoms with Crippen molar-refractivity contribution in [2.75, 3.05) is 39.8 Å². The smallest absolute Gasteiger partial charge is 0.407 e. The topological polar surface area (TPSA) is 128 Å². The van der Waals surface area contributed by atoms with Gasteiger partial charge in [-0.25, -0.2) is 14.6 Å². The van der Waals surface area contributed by atoms with Crippen molar-refractivity contribution in [1.29, 1.82) is 0 Å². The number of benzene rings is 1. The fourth-order valence-electron chi connectivity index (χ4n) is 6.51. The Morgan fingerprint density at radius 3 is 2.47 bits per heavy atom. The Morgan fingerprint density at radius 2 is 1.82 bits per heavy atom. The number of piperidine rings is 1. The molecule has 3 amide bonds. The number of carboxylic acid groups (broad SMARTS) is 1. The van der Waals surface area contributed by atoms with Crippen molar-refractivity contribution in [2.24, 2.45) is 5.41 Å². The van der Waals surface area contributed by atoms with Gasteiger partial charge in [0.2, 0.25) is 5.88 Å². The summed E-state index contributed by atoms with van der Waals surface area (Å²) in [6, 6.07) is 10.3. The first-order valence-electron chi connectivity index (χ1n) is 13.2. The number of aromatic nitrogens is 2. The van der Waals surface area contributed by atoms with E-state index < -0.39 is 23.2 Å². The standard InChI is InChI=1S/C27H35N5O6/c1-38-22-15-23(33)31(19-28-22)18-27(37)11-12-30(17-26(27)9-5-6-10-26)24(34)32-14-13-29(25(35)36)16-21(32)20-7-3-2-4-8-20/h2-4,7-8,15,19,21,37H,5-6,9-14,16-18H2,1H3,(H,35,36). The molecule has 3 fully saturated rings. The van der Waals surface area contributed by atoms with Crippen LogP contribution in [0.2, 0.25) is 0 Å². The molecule has 3 aliphatic rings. The first-order valence-corrected chi connectivity index (χ1v) is 13.2. The van der Waals surface area contributed by atoms with Crippen LogP contribution < -0.4 is 10.3 Å². The van der Waals surface area contributed by atoms with E-state index in [1.54, 1.807) is 4.90 Å². The molecule has 2 N–H and O–H groups in total. The molecule has 1 aromatic carbocycles. The Bertz CT molecular complexity index is 1230. The molecular weight excluding hydrogens is 490 g/mol. The summed E-state index contributed by atoms with van der Waals surface area (Å²) < 4.78 is 6.47. The number of likely N-dealkylation sites (tertiary alicyclic amines) is 1. The van der Waals surface area contributed by atoms with Gasteiger partial charge in [0, 0.05) is 38.1 Å². The van der Waals surface area contributed by atoms with Crippen LogP contribution in [0.15, 0.2) is 47.5 Å². The number of methoxy groups -OCH3 is 1. The van der Waals surface area contributed by atoms with Gasteiger partial charge in [-0.1, -0.05) is 43.2 Å². The van der Waals surface area contributed by atoms with Crippen LogP contribution in [0, 0.1) is 5.41 Å². The van der Waals surface area contributed by atoms with Crippen LogP contribution in [0.3, 0.4) is 0 Å². The summed E-state index contributed by atoms with van der Waals surface area (Å²) in [7, 11) is 1.45. The van der Waals surface area contributed by atoms with Crippen LogP contribution in [0.25, 0.3) is 0 Å². The van der Waals surface area contributed by atoms with Crippen LogP contribution in [0.5, 0.6) is 5.88 Å². The number of hydrogen-bond donors (Lipinski definition) is 2. The molecule has 11 heteroatoms. The molecule has 0 radical (unpaired) electrons. The van der Waals surface area contributed by atoms with E-state index in [2.05, 4.69) is 4.98 Å². The molecule has 11 nitrogen and oxygen atoms in total.